The molecule has 6 heteroatoms. The normalized spacial score (nSPS) is 27.3. The number of hydrogen-bond donors (Lipinski definition) is 2. The zero-order valence-electron chi connectivity index (χ0n) is 21.6. The van der Waals surface area contributed by atoms with Crippen molar-refractivity contribution < 1.29 is 9.90 Å². The van der Waals surface area contributed by atoms with Gasteiger partial charge >= 0.3 is 0 Å². The smallest absolute Gasteiger partial charge is 0.261 e. The number of aromatic hydroxyl groups is 1. The maximum atomic E-state index is 13.6. The number of nitrogens with zero attached hydrogens (tertiary/aromatic N) is 2. The van der Waals surface area contributed by atoms with Crippen molar-refractivity contribution in [2.75, 3.05) is 13.1 Å². The van der Waals surface area contributed by atoms with E-state index in [2.05, 4.69) is 28.1 Å². The Labute approximate surface area is 222 Å². The Balaban J connectivity index is 1.17. The summed E-state index contributed by atoms with van der Waals surface area (Å²) in [6, 6.07) is 16.4. The Morgan fingerprint density at radius 2 is 1.79 bits per heavy atom. The van der Waals surface area contributed by atoms with Gasteiger partial charge in [-0.15, -0.1) is 0 Å². The molecule has 6 nitrogen and oxygen atoms in total. The van der Waals surface area contributed by atoms with Crippen molar-refractivity contribution in [3.05, 3.63) is 98.0 Å². The van der Waals surface area contributed by atoms with Crippen molar-refractivity contribution in [2.24, 2.45) is 11.8 Å². The van der Waals surface area contributed by atoms with E-state index in [-0.39, 0.29) is 22.4 Å². The number of piperidine rings is 1. The maximum Gasteiger partial charge on any atom is 0.261 e. The van der Waals surface area contributed by atoms with Gasteiger partial charge in [0.1, 0.15) is 11.3 Å². The Kier molecular flexibility index (Phi) is 4.79. The van der Waals surface area contributed by atoms with Crippen LogP contribution in [0.4, 0.5) is 0 Å². The van der Waals surface area contributed by atoms with Crippen LogP contribution in [0.25, 0.3) is 0 Å². The van der Waals surface area contributed by atoms with Gasteiger partial charge in [0, 0.05) is 36.8 Å². The first kappa shape index (κ1) is 22.6. The molecule has 3 heterocycles. The first-order chi connectivity index (χ1) is 18.5. The summed E-state index contributed by atoms with van der Waals surface area (Å²) in [5.74, 6) is 1.38. The van der Waals surface area contributed by atoms with Crippen LogP contribution in [0, 0.1) is 11.8 Å². The zero-order chi connectivity index (χ0) is 25.6. The summed E-state index contributed by atoms with van der Waals surface area (Å²) in [5.41, 5.74) is 6.91. The summed E-state index contributed by atoms with van der Waals surface area (Å²) in [6.45, 7) is 3.35. The number of phenolic OH excluding ortho intramolecular Hbond substituents is 1. The molecule has 1 aromatic heterocycles. The van der Waals surface area contributed by atoms with Crippen LogP contribution in [0.5, 0.6) is 5.75 Å². The quantitative estimate of drug-likeness (QED) is 0.563. The van der Waals surface area contributed by atoms with Crippen molar-refractivity contribution in [3.63, 3.8) is 0 Å². The molecule has 0 spiro atoms. The molecule has 3 atom stereocenters. The van der Waals surface area contributed by atoms with Gasteiger partial charge in [0.05, 0.1) is 0 Å². The fourth-order valence-electron chi connectivity index (χ4n) is 8.17. The molecular formula is C32H33N3O3. The average molecular weight is 508 g/mol. The van der Waals surface area contributed by atoms with Gasteiger partial charge in [-0.1, -0.05) is 30.3 Å². The van der Waals surface area contributed by atoms with Crippen molar-refractivity contribution in [1.29, 1.82) is 0 Å². The van der Waals surface area contributed by atoms with Gasteiger partial charge in [-0.05, 0) is 103 Å². The van der Waals surface area contributed by atoms with E-state index in [1.54, 1.807) is 4.90 Å². The van der Waals surface area contributed by atoms with E-state index < -0.39 is 0 Å². The molecule has 1 saturated carbocycles. The molecule has 194 valence electrons. The molecule has 3 aromatic rings. The largest absolute Gasteiger partial charge is 0.508 e. The number of amides is 1. The highest BCUT2D eigenvalue weighted by Crippen LogP contribution is 2.55. The Morgan fingerprint density at radius 1 is 1.00 bits per heavy atom. The van der Waals surface area contributed by atoms with Crippen LogP contribution in [-0.2, 0) is 37.8 Å². The Morgan fingerprint density at radius 3 is 2.55 bits per heavy atom. The molecule has 0 radical (unpaired) electrons. The second kappa shape index (κ2) is 8.06. The van der Waals surface area contributed by atoms with Crippen molar-refractivity contribution in [1.82, 2.24) is 14.8 Å². The molecule has 2 aliphatic heterocycles. The highest BCUT2D eigenvalue weighted by molar-refractivity contribution is 5.94. The lowest BCUT2D eigenvalue weighted by Gasteiger charge is -2.59. The monoisotopic (exact) mass is 507 g/mol. The molecule has 2 aromatic carbocycles. The van der Waals surface area contributed by atoms with Crippen LogP contribution in [0.2, 0.25) is 0 Å². The Bertz CT molecular complexity index is 1510. The Hall–Kier alpha value is -3.38. The average Bonchev–Trinajstić information content (AvgIpc) is 3.63. The summed E-state index contributed by atoms with van der Waals surface area (Å²) in [6.07, 6.45) is 6.35. The van der Waals surface area contributed by atoms with E-state index in [0.717, 1.165) is 60.5 Å². The van der Waals surface area contributed by atoms with Crippen molar-refractivity contribution in [2.45, 2.75) is 63.1 Å². The van der Waals surface area contributed by atoms with Crippen LogP contribution >= 0.6 is 0 Å². The third kappa shape index (κ3) is 3.35. The van der Waals surface area contributed by atoms with E-state index in [4.69, 9.17) is 0 Å². The zero-order valence-corrected chi connectivity index (χ0v) is 21.6. The van der Waals surface area contributed by atoms with Gasteiger partial charge in [-0.25, -0.2) is 0 Å². The number of fused-ring (bicyclic) bond motifs is 3. The van der Waals surface area contributed by atoms with Crippen LogP contribution in [0.1, 0.15) is 63.1 Å². The molecular weight excluding hydrogens is 474 g/mol. The van der Waals surface area contributed by atoms with E-state index in [0.29, 0.717) is 30.8 Å². The summed E-state index contributed by atoms with van der Waals surface area (Å²) < 4.78 is 0. The number of phenols is 1. The summed E-state index contributed by atoms with van der Waals surface area (Å²) in [5, 5.41) is 10.4. The third-order valence-corrected chi connectivity index (χ3v) is 10.2. The van der Waals surface area contributed by atoms with E-state index in [1.165, 1.54) is 30.5 Å². The number of H-pyrrole nitrogens is 1. The summed E-state index contributed by atoms with van der Waals surface area (Å²) >= 11 is 0. The van der Waals surface area contributed by atoms with Gasteiger partial charge in [-0.3, -0.25) is 14.5 Å². The molecule has 2 N–H and O–H groups in total. The molecule has 2 unspecified atom stereocenters. The number of hydrogen-bond acceptors (Lipinski definition) is 4. The fourth-order valence-corrected chi connectivity index (χ4v) is 8.17. The topological polar surface area (TPSA) is 76.6 Å². The van der Waals surface area contributed by atoms with Crippen LogP contribution < -0.4 is 5.56 Å². The number of carbonyl (C=O) groups excluding carboxylic acids is 1. The number of aromatic amines is 1. The standard InChI is InChI=1S/C32H33N3O3/c36-24-8-7-20-13-29-27-12-23-11-25(31(38)35-17-21-3-1-2-4-22(21)18-35)30(37)33-28(23)15-32(27,26(20)14-24)9-10-34(29)16-19-5-6-19/h1-4,7-8,11,14,19,27,29,36H,5-6,9-10,12-13,15-18H2,(H,33,37)/t27?,29?,32-/m1/s1. The van der Waals surface area contributed by atoms with E-state index in [1.807, 2.05) is 30.3 Å². The molecule has 2 fully saturated rings. The number of rotatable bonds is 3. The first-order valence-corrected chi connectivity index (χ1v) is 14.2. The van der Waals surface area contributed by atoms with E-state index in [9.17, 15) is 14.7 Å². The van der Waals surface area contributed by atoms with Crippen molar-refractivity contribution in [3.8, 4) is 5.75 Å². The third-order valence-electron chi connectivity index (χ3n) is 10.2. The van der Waals surface area contributed by atoms with Crippen LogP contribution in [0.15, 0.2) is 53.3 Å². The maximum absolute atomic E-state index is 13.6. The minimum atomic E-state index is -0.283. The molecule has 2 bridgehead atoms. The molecule has 38 heavy (non-hydrogen) atoms. The molecule has 1 saturated heterocycles. The highest BCUT2D eigenvalue weighted by atomic mass is 16.3. The lowest BCUT2D eigenvalue weighted by atomic mass is 9.52. The molecule has 3 aliphatic carbocycles. The minimum Gasteiger partial charge on any atom is -0.508 e. The van der Waals surface area contributed by atoms with Crippen LogP contribution in [-0.4, -0.2) is 44.9 Å². The predicted octanol–water partition coefficient (Wildman–Crippen LogP) is 3.93. The van der Waals surface area contributed by atoms with E-state index >= 15 is 0 Å². The number of pyridine rings is 1. The summed E-state index contributed by atoms with van der Waals surface area (Å²) in [4.78, 5) is 34.6. The number of carbonyl (C=O) groups is 1. The molecule has 5 aliphatic rings. The second-order valence-corrected chi connectivity index (χ2v) is 12.4. The van der Waals surface area contributed by atoms with Crippen molar-refractivity contribution >= 4 is 5.91 Å². The lowest BCUT2D eigenvalue weighted by Crippen LogP contribution is -2.63. The highest BCUT2D eigenvalue weighted by Gasteiger charge is 2.55. The number of benzene rings is 2. The van der Waals surface area contributed by atoms with Gasteiger partial charge < -0.3 is 15.0 Å². The SMILES string of the molecule is O=C(c1cc2c([nH]c1=O)C[C@]13CCN(CC4CC4)C(Cc4ccc(O)cc41)C3C2)N1Cc2ccccc2C1. The first-order valence-electron chi connectivity index (χ1n) is 14.2. The molecule has 8 rings (SSSR count). The van der Waals surface area contributed by atoms with Gasteiger partial charge in [0.25, 0.3) is 11.5 Å². The van der Waals surface area contributed by atoms with Gasteiger partial charge in [0.2, 0.25) is 0 Å². The van der Waals surface area contributed by atoms with Gasteiger partial charge in [0.15, 0.2) is 0 Å². The molecule has 1 amide bonds. The summed E-state index contributed by atoms with van der Waals surface area (Å²) in [7, 11) is 0. The number of nitrogens with one attached hydrogen (secondary N) is 1. The fraction of sp³-hybridized carbons (Fsp3) is 0.438. The second-order valence-electron chi connectivity index (χ2n) is 12.4. The van der Waals surface area contributed by atoms with Crippen LogP contribution in [0.3, 0.4) is 0 Å². The number of aromatic nitrogens is 1. The minimum absolute atomic E-state index is 0.0882. The lowest BCUT2D eigenvalue weighted by molar-refractivity contribution is 0.00457. The van der Waals surface area contributed by atoms with Gasteiger partial charge in [-0.2, -0.15) is 0 Å². The number of likely N-dealkylation sites (tertiary alicyclic amines) is 1. The predicted molar refractivity (Wildman–Crippen MR) is 144 cm³/mol.